The molecule has 0 saturated carbocycles. The van der Waals surface area contributed by atoms with Gasteiger partial charge in [0.1, 0.15) is 11.8 Å². The zero-order valence-corrected chi connectivity index (χ0v) is 12.7. The van der Waals surface area contributed by atoms with E-state index >= 15 is 0 Å². The SMILES string of the molecule is Cn1cccc1-c1nnc(-c2ccnc(OC3CCOC3)c2)o1. The Morgan fingerprint density at radius 2 is 2.17 bits per heavy atom. The molecule has 0 aliphatic carbocycles. The van der Waals surface area contributed by atoms with Crippen molar-refractivity contribution in [2.24, 2.45) is 7.05 Å². The molecule has 4 rings (SSSR count). The monoisotopic (exact) mass is 312 g/mol. The Kier molecular flexibility index (Phi) is 3.55. The Balaban J connectivity index is 1.58. The molecule has 0 N–H and O–H groups in total. The smallest absolute Gasteiger partial charge is 0.264 e. The maximum absolute atomic E-state index is 5.81. The fraction of sp³-hybridized carbons (Fsp3) is 0.312. The van der Waals surface area contributed by atoms with Gasteiger partial charge in [-0.15, -0.1) is 10.2 Å². The highest BCUT2D eigenvalue weighted by Gasteiger charge is 2.19. The van der Waals surface area contributed by atoms with Gasteiger partial charge in [-0.25, -0.2) is 4.98 Å². The minimum absolute atomic E-state index is 0.0550. The van der Waals surface area contributed by atoms with E-state index < -0.39 is 0 Å². The average molecular weight is 312 g/mol. The topological polar surface area (TPSA) is 75.2 Å². The standard InChI is InChI=1S/C16H16N4O3/c1-20-7-2-3-13(20)16-19-18-15(23-16)11-4-6-17-14(9-11)22-12-5-8-21-10-12/h2-4,6-7,9,12H,5,8,10H2,1H3. The second-order valence-corrected chi connectivity index (χ2v) is 5.40. The van der Waals surface area contributed by atoms with E-state index in [1.54, 1.807) is 12.3 Å². The number of aromatic nitrogens is 4. The van der Waals surface area contributed by atoms with Crippen LogP contribution in [0.3, 0.4) is 0 Å². The molecule has 7 heteroatoms. The van der Waals surface area contributed by atoms with Crippen molar-refractivity contribution in [1.29, 1.82) is 0 Å². The van der Waals surface area contributed by atoms with Crippen LogP contribution in [0.25, 0.3) is 23.0 Å². The number of pyridine rings is 1. The summed E-state index contributed by atoms with van der Waals surface area (Å²) in [6, 6.07) is 7.49. The van der Waals surface area contributed by atoms with E-state index in [4.69, 9.17) is 13.9 Å². The lowest BCUT2D eigenvalue weighted by atomic mass is 10.2. The summed E-state index contributed by atoms with van der Waals surface area (Å²) in [6.45, 7) is 1.33. The van der Waals surface area contributed by atoms with Gasteiger partial charge in [-0.3, -0.25) is 0 Å². The first-order chi connectivity index (χ1) is 11.3. The quantitative estimate of drug-likeness (QED) is 0.736. The molecule has 118 valence electrons. The summed E-state index contributed by atoms with van der Waals surface area (Å²) in [4.78, 5) is 4.23. The number of hydrogen-bond acceptors (Lipinski definition) is 6. The first-order valence-electron chi connectivity index (χ1n) is 7.45. The summed E-state index contributed by atoms with van der Waals surface area (Å²) < 4.78 is 18.8. The summed E-state index contributed by atoms with van der Waals surface area (Å²) in [5.74, 6) is 1.46. The van der Waals surface area contributed by atoms with Crippen molar-refractivity contribution in [2.75, 3.05) is 13.2 Å². The predicted molar refractivity (Wildman–Crippen MR) is 81.8 cm³/mol. The van der Waals surface area contributed by atoms with Crippen LogP contribution in [0.1, 0.15) is 6.42 Å². The van der Waals surface area contributed by atoms with E-state index in [-0.39, 0.29) is 6.10 Å². The molecule has 1 saturated heterocycles. The van der Waals surface area contributed by atoms with Crippen LogP contribution in [0, 0.1) is 0 Å². The summed E-state index contributed by atoms with van der Waals surface area (Å²) in [5, 5.41) is 8.23. The summed E-state index contributed by atoms with van der Waals surface area (Å²) in [7, 11) is 1.93. The van der Waals surface area contributed by atoms with Gasteiger partial charge in [0, 0.05) is 37.5 Å². The molecule has 0 radical (unpaired) electrons. The fourth-order valence-electron chi connectivity index (χ4n) is 2.51. The molecule has 1 atom stereocenters. The van der Waals surface area contributed by atoms with Crippen LogP contribution in [0.2, 0.25) is 0 Å². The molecule has 23 heavy (non-hydrogen) atoms. The fourth-order valence-corrected chi connectivity index (χ4v) is 2.51. The molecule has 0 aromatic carbocycles. The normalized spacial score (nSPS) is 17.5. The van der Waals surface area contributed by atoms with Gasteiger partial charge in [-0.1, -0.05) is 0 Å². The average Bonchev–Trinajstić information content (AvgIpc) is 3.28. The van der Waals surface area contributed by atoms with Crippen molar-refractivity contribution in [3.05, 3.63) is 36.7 Å². The van der Waals surface area contributed by atoms with Crippen molar-refractivity contribution in [3.63, 3.8) is 0 Å². The highest BCUT2D eigenvalue weighted by Crippen LogP contribution is 2.26. The lowest BCUT2D eigenvalue weighted by molar-refractivity contribution is 0.138. The Morgan fingerprint density at radius 1 is 1.26 bits per heavy atom. The van der Waals surface area contributed by atoms with Crippen LogP contribution < -0.4 is 4.74 Å². The molecule has 1 unspecified atom stereocenters. The van der Waals surface area contributed by atoms with Gasteiger partial charge >= 0.3 is 0 Å². The second-order valence-electron chi connectivity index (χ2n) is 5.40. The maximum atomic E-state index is 5.81. The summed E-state index contributed by atoms with van der Waals surface area (Å²) in [5.41, 5.74) is 1.65. The molecule has 4 heterocycles. The van der Waals surface area contributed by atoms with E-state index in [0.29, 0.717) is 24.3 Å². The number of nitrogens with zero attached hydrogens (tertiary/aromatic N) is 4. The third kappa shape index (κ3) is 2.83. The minimum Gasteiger partial charge on any atom is -0.472 e. The molecular weight excluding hydrogens is 296 g/mol. The maximum Gasteiger partial charge on any atom is 0.264 e. The molecular formula is C16H16N4O3. The van der Waals surface area contributed by atoms with Gasteiger partial charge in [0.05, 0.1) is 13.2 Å². The predicted octanol–water partition coefficient (Wildman–Crippen LogP) is 2.30. The Hall–Kier alpha value is -2.67. The van der Waals surface area contributed by atoms with E-state index in [1.165, 1.54) is 0 Å². The van der Waals surface area contributed by atoms with Crippen LogP contribution in [0.5, 0.6) is 5.88 Å². The van der Waals surface area contributed by atoms with Crippen LogP contribution in [0.15, 0.2) is 41.1 Å². The molecule has 0 amide bonds. The number of rotatable bonds is 4. The Labute approximate surface area is 132 Å². The zero-order chi connectivity index (χ0) is 15.6. The van der Waals surface area contributed by atoms with Crippen LogP contribution in [-0.4, -0.2) is 39.1 Å². The molecule has 7 nitrogen and oxygen atoms in total. The first kappa shape index (κ1) is 14.0. The van der Waals surface area contributed by atoms with E-state index in [0.717, 1.165) is 24.3 Å². The number of aryl methyl sites for hydroxylation is 1. The molecule has 1 aliphatic rings. The second kappa shape index (κ2) is 5.85. The molecule has 1 aliphatic heterocycles. The van der Waals surface area contributed by atoms with Crippen LogP contribution in [0.4, 0.5) is 0 Å². The van der Waals surface area contributed by atoms with Gasteiger partial charge in [0.15, 0.2) is 0 Å². The third-order valence-corrected chi connectivity index (χ3v) is 3.74. The summed E-state index contributed by atoms with van der Waals surface area (Å²) >= 11 is 0. The van der Waals surface area contributed by atoms with E-state index in [2.05, 4.69) is 15.2 Å². The van der Waals surface area contributed by atoms with E-state index in [9.17, 15) is 0 Å². The van der Waals surface area contributed by atoms with Crippen LogP contribution >= 0.6 is 0 Å². The highest BCUT2D eigenvalue weighted by molar-refractivity contribution is 5.56. The first-order valence-corrected chi connectivity index (χ1v) is 7.45. The van der Waals surface area contributed by atoms with Gasteiger partial charge in [0.25, 0.3) is 5.89 Å². The minimum atomic E-state index is 0.0550. The van der Waals surface area contributed by atoms with Crippen LogP contribution in [-0.2, 0) is 11.8 Å². The van der Waals surface area contributed by atoms with Crippen molar-refractivity contribution < 1.29 is 13.9 Å². The van der Waals surface area contributed by atoms with Crippen molar-refractivity contribution in [1.82, 2.24) is 19.7 Å². The molecule has 0 bridgehead atoms. The van der Waals surface area contributed by atoms with Crippen molar-refractivity contribution in [3.8, 4) is 28.9 Å². The van der Waals surface area contributed by atoms with E-state index in [1.807, 2.05) is 36.0 Å². The largest absolute Gasteiger partial charge is 0.472 e. The molecule has 0 spiro atoms. The highest BCUT2D eigenvalue weighted by atomic mass is 16.5. The molecule has 3 aromatic rings. The Bertz CT molecular complexity index is 805. The lowest BCUT2D eigenvalue weighted by Gasteiger charge is -2.10. The van der Waals surface area contributed by atoms with Gasteiger partial charge in [-0.05, 0) is 18.2 Å². The number of ether oxygens (including phenoxy) is 2. The number of hydrogen-bond donors (Lipinski definition) is 0. The van der Waals surface area contributed by atoms with Crippen molar-refractivity contribution >= 4 is 0 Å². The zero-order valence-electron chi connectivity index (χ0n) is 12.7. The van der Waals surface area contributed by atoms with Crippen molar-refractivity contribution in [2.45, 2.75) is 12.5 Å². The Morgan fingerprint density at radius 3 is 2.96 bits per heavy atom. The third-order valence-electron chi connectivity index (χ3n) is 3.74. The van der Waals surface area contributed by atoms with Gasteiger partial charge < -0.3 is 18.5 Å². The summed E-state index contributed by atoms with van der Waals surface area (Å²) in [6.07, 6.45) is 4.54. The van der Waals surface area contributed by atoms with Gasteiger partial charge in [0.2, 0.25) is 11.8 Å². The van der Waals surface area contributed by atoms with Gasteiger partial charge in [-0.2, -0.15) is 0 Å². The molecule has 1 fully saturated rings. The lowest BCUT2D eigenvalue weighted by Crippen LogP contribution is -2.16. The molecule has 3 aromatic heterocycles.